The zero-order chi connectivity index (χ0) is 24.2. The fourth-order valence-electron chi connectivity index (χ4n) is 3.60. The molecular formula is C22H25Cl2N3O5S. The van der Waals surface area contributed by atoms with Crippen LogP contribution in [-0.4, -0.2) is 48.8 Å². The van der Waals surface area contributed by atoms with Gasteiger partial charge in [0.25, 0.3) is 5.91 Å². The third kappa shape index (κ3) is 6.23. The van der Waals surface area contributed by atoms with Gasteiger partial charge in [0.15, 0.2) is 11.9 Å². The fourth-order valence-corrected chi connectivity index (χ4v) is 5.49. The molecule has 1 aromatic heterocycles. The first kappa shape index (κ1) is 25.4. The zero-order valence-electron chi connectivity index (χ0n) is 18.3. The molecule has 1 N–H and O–H groups in total. The largest absolute Gasteiger partial charge is 0.449 e. The van der Waals surface area contributed by atoms with Gasteiger partial charge in [0.1, 0.15) is 0 Å². The lowest BCUT2D eigenvalue weighted by molar-refractivity contribution is -0.123. The number of benzene rings is 1. The van der Waals surface area contributed by atoms with Crippen molar-refractivity contribution >= 4 is 50.9 Å². The molecule has 0 saturated heterocycles. The highest BCUT2D eigenvalue weighted by atomic mass is 35.5. The molecule has 1 aliphatic rings. The monoisotopic (exact) mass is 513 g/mol. The van der Waals surface area contributed by atoms with Gasteiger partial charge in [-0.15, -0.1) is 0 Å². The van der Waals surface area contributed by atoms with E-state index in [2.05, 4.69) is 10.3 Å². The van der Waals surface area contributed by atoms with E-state index in [-0.39, 0.29) is 27.3 Å². The highest BCUT2D eigenvalue weighted by Crippen LogP contribution is 2.27. The molecule has 8 nitrogen and oxygen atoms in total. The van der Waals surface area contributed by atoms with Gasteiger partial charge in [0, 0.05) is 19.3 Å². The van der Waals surface area contributed by atoms with Gasteiger partial charge < -0.3 is 10.1 Å². The second-order valence-corrected chi connectivity index (χ2v) is 10.7. The Morgan fingerprint density at radius 2 is 1.88 bits per heavy atom. The Bertz CT molecular complexity index is 1140. The quantitative estimate of drug-likeness (QED) is 0.545. The Kier molecular flexibility index (Phi) is 8.33. The summed E-state index contributed by atoms with van der Waals surface area (Å²) >= 11 is 11.8. The minimum atomic E-state index is -3.78. The number of esters is 1. The van der Waals surface area contributed by atoms with Crippen LogP contribution in [0.1, 0.15) is 49.4 Å². The first-order chi connectivity index (χ1) is 15.6. The highest BCUT2D eigenvalue weighted by molar-refractivity contribution is 7.89. The summed E-state index contributed by atoms with van der Waals surface area (Å²) in [7, 11) is -2.21. The van der Waals surface area contributed by atoms with Crippen molar-refractivity contribution in [1.82, 2.24) is 9.29 Å². The number of carbonyl (C=O) groups excluding carboxylic acids is 2. The molecule has 33 heavy (non-hydrogen) atoms. The lowest BCUT2D eigenvalue weighted by Crippen LogP contribution is -2.38. The summed E-state index contributed by atoms with van der Waals surface area (Å²) in [6.45, 7) is 1.38. The van der Waals surface area contributed by atoms with Gasteiger partial charge in [-0.05, 0) is 44.0 Å². The Balaban J connectivity index is 1.69. The molecule has 11 heteroatoms. The summed E-state index contributed by atoms with van der Waals surface area (Å²) < 4.78 is 32.8. The highest BCUT2D eigenvalue weighted by Gasteiger charge is 2.30. The lowest BCUT2D eigenvalue weighted by Gasteiger charge is -2.30. The van der Waals surface area contributed by atoms with Crippen LogP contribution in [0.5, 0.6) is 0 Å². The summed E-state index contributed by atoms with van der Waals surface area (Å²) in [5.41, 5.74) is 0.0235. The van der Waals surface area contributed by atoms with Gasteiger partial charge in [0.05, 0.1) is 20.5 Å². The number of hydrogen-bond acceptors (Lipinski definition) is 6. The van der Waals surface area contributed by atoms with E-state index in [1.54, 1.807) is 7.05 Å². The molecule has 1 aliphatic carbocycles. The number of anilines is 1. The number of pyridine rings is 1. The number of nitrogens with one attached hydrogen (secondary N) is 1. The van der Waals surface area contributed by atoms with Crippen LogP contribution in [0.2, 0.25) is 10.0 Å². The predicted molar refractivity (Wildman–Crippen MR) is 126 cm³/mol. The average molecular weight is 514 g/mol. The number of rotatable bonds is 7. The minimum Gasteiger partial charge on any atom is -0.449 e. The van der Waals surface area contributed by atoms with E-state index in [1.807, 2.05) is 0 Å². The van der Waals surface area contributed by atoms with Gasteiger partial charge >= 0.3 is 5.97 Å². The number of nitrogens with zero attached hydrogens (tertiary/aromatic N) is 2. The van der Waals surface area contributed by atoms with E-state index in [1.165, 1.54) is 47.8 Å². The van der Waals surface area contributed by atoms with Gasteiger partial charge in [0.2, 0.25) is 10.0 Å². The molecule has 1 aromatic carbocycles. The zero-order valence-corrected chi connectivity index (χ0v) is 20.6. The fraction of sp³-hybridized carbons (Fsp3) is 0.409. The van der Waals surface area contributed by atoms with Crippen LogP contribution >= 0.6 is 23.2 Å². The van der Waals surface area contributed by atoms with Crippen LogP contribution in [0.25, 0.3) is 0 Å². The van der Waals surface area contributed by atoms with Crippen molar-refractivity contribution in [3.63, 3.8) is 0 Å². The van der Waals surface area contributed by atoms with E-state index >= 15 is 0 Å². The third-order valence-corrected chi connectivity index (χ3v) is 7.94. The smallest absolute Gasteiger partial charge is 0.338 e. The molecule has 0 spiro atoms. The van der Waals surface area contributed by atoms with Crippen LogP contribution in [0.4, 0.5) is 5.82 Å². The van der Waals surface area contributed by atoms with Crippen molar-refractivity contribution in [1.29, 1.82) is 0 Å². The first-order valence-electron chi connectivity index (χ1n) is 10.5. The molecule has 0 radical (unpaired) electrons. The molecule has 3 rings (SSSR count). The van der Waals surface area contributed by atoms with Crippen LogP contribution in [0.15, 0.2) is 41.4 Å². The molecule has 1 amide bonds. The van der Waals surface area contributed by atoms with Crippen molar-refractivity contribution < 1.29 is 22.7 Å². The van der Waals surface area contributed by atoms with Crippen LogP contribution in [-0.2, 0) is 19.6 Å². The Morgan fingerprint density at radius 1 is 1.18 bits per heavy atom. The van der Waals surface area contributed by atoms with Crippen LogP contribution < -0.4 is 5.32 Å². The van der Waals surface area contributed by atoms with Gasteiger partial charge in [-0.2, -0.15) is 4.31 Å². The normalized spacial score (nSPS) is 15.8. The van der Waals surface area contributed by atoms with Crippen molar-refractivity contribution in [2.45, 2.75) is 56.1 Å². The van der Waals surface area contributed by atoms with Crippen LogP contribution in [0, 0.1) is 0 Å². The molecule has 2 aromatic rings. The predicted octanol–water partition coefficient (Wildman–Crippen LogP) is 4.53. The lowest BCUT2D eigenvalue weighted by atomic mass is 9.96. The standard InChI is InChI=1S/C22H25Cl2N3O5S/c1-14(21(28)26-20-19(24)12-16(23)13-25-20)32-22(29)15-7-6-10-18(11-15)33(30,31)27(2)17-8-4-3-5-9-17/h6-7,10-14,17H,3-5,8-9H2,1-2H3,(H,25,26,28). The number of aromatic nitrogens is 1. The van der Waals surface area contributed by atoms with Crippen molar-refractivity contribution in [3.8, 4) is 0 Å². The third-order valence-electron chi connectivity index (χ3n) is 5.54. The first-order valence-corrected chi connectivity index (χ1v) is 12.7. The summed E-state index contributed by atoms with van der Waals surface area (Å²) in [4.78, 5) is 28.9. The average Bonchev–Trinajstić information content (AvgIpc) is 2.80. The molecule has 1 heterocycles. The number of hydrogen-bond donors (Lipinski definition) is 1. The minimum absolute atomic E-state index is 0.000672. The molecule has 178 valence electrons. The molecule has 1 saturated carbocycles. The maximum atomic E-state index is 13.1. The molecule has 1 unspecified atom stereocenters. The van der Waals surface area contributed by atoms with E-state index in [4.69, 9.17) is 27.9 Å². The van der Waals surface area contributed by atoms with Gasteiger partial charge in [-0.1, -0.05) is 48.5 Å². The molecule has 1 fully saturated rings. The maximum absolute atomic E-state index is 13.1. The van der Waals surface area contributed by atoms with E-state index < -0.39 is 28.0 Å². The maximum Gasteiger partial charge on any atom is 0.338 e. The molecule has 0 bridgehead atoms. The van der Waals surface area contributed by atoms with Crippen molar-refractivity contribution in [2.75, 3.05) is 12.4 Å². The second kappa shape index (κ2) is 10.8. The number of sulfonamides is 1. The Morgan fingerprint density at radius 3 is 2.55 bits per heavy atom. The Labute approximate surface area is 203 Å². The van der Waals surface area contributed by atoms with Gasteiger partial charge in [-0.3, -0.25) is 4.79 Å². The number of halogens is 2. The van der Waals surface area contributed by atoms with Gasteiger partial charge in [-0.25, -0.2) is 18.2 Å². The number of carbonyl (C=O) groups is 2. The topological polar surface area (TPSA) is 106 Å². The summed E-state index contributed by atoms with van der Waals surface area (Å²) in [6, 6.07) is 6.97. The molecule has 0 aliphatic heterocycles. The van der Waals surface area contributed by atoms with Crippen molar-refractivity contribution in [3.05, 3.63) is 52.1 Å². The second-order valence-electron chi connectivity index (χ2n) is 7.86. The molecule has 1 atom stereocenters. The summed E-state index contributed by atoms with van der Waals surface area (Å²) in [5, 5.41) is 2.90. The SMILES string of the molecule is CC(OC(=O)c1cccc(S(=O)(=O)N(C)C2CCCCC2)c1)C(=O)Nc1ncc(Cl)cc1Cl. The Hall–Kier alpha value is -2.20. The number of ether oxygens (including phenoxy) is 1. The van der Waals surface area contributed by atoms with Crippen LogP contribution in [0.3, 0.4) is 0 Å². The summed E-state index contributed by atoms with van der Waals surface area (Å²) in [5.74, 6) is -1.40. The van der Waals surface area contributed by atoms with E-state index in [0.717, 1.165) is 32.1 Å². The summed E-state index contributed by atoms with van der Waals surface area (Å²) in [6.07, 6.45) is 4.86. The number of amides is 1. The van der Waals surface area contributed by atoms with E-state index in [9.17, 15) is 18.0 Å². The van der Waals surface area contributed by atoms with E-state index in [0.29, 0.717) is 5.02 Å². The van der Waals surface area contributed by atoms with Crippen molar-refractivity contribution in [2.24, 2.45) is 0 Å². The molecular weight excluding hydrogens is 489 g/mol.